The SMILES string of the molecule is Cc1cc(C(=O)NC(C)C2CCCO2)cc(S(=O)(=O)N2CCC(C)CC2)c1C. The third-order valence-corrected chi connectivity index (χ3v) is 8.15. The molecule has 1 aromatic rings. The van der Waals surface area contributed by atoms with Gasteiger partial charge in [0.1, 0.15) is 0 Å². The Labute approximate surface area is 168 Å². The Hall–Kier alpha value is -1.44. The lowest BCUT2D eigenvalue weighted by Gasteiger charge is -2.30. The van der Waals surface area contributed by atoms with Crippen LogP contribution in [0, 0.1) is 19.8 Å². The third kappa shape index (κ3) is 4.42. The highest BCUT2D eigenvalue weighted by atomic mass is 32.2. The molecule has 0 radical (unpaired) electrons. The van der Waals surface area contributed by atoms with Crippen LogP contribution in [0.15, 0.2) is 17.0 Å². The number of benzene rings is 1. The fourth-order valence-corrected chi connectivity index (χ4v) is 5.76. The van der Waals surface area contributed by atoms with Gasteiger partial charge in [-0.3, -0.25) is 4.79 Å². The van der Waals surface area contributed by atoms with Crippen LogP contribution in [0.25, 0.3) is 0 Å². The molecule has 0 aliphatic carbocycles. The summed E-state index contributed by atoms with van der Waals surface area (Å²) in [5.41, 5.74) is 1.90. The van der Waals surface area contributed by atoms with Crippen LogP contribution in [0.1, 0.15) is 61.0 Å². The van der Waals surface area contributed by atoms with Crippen LogP contribution >= 0.6 is 0 Å². The zero-order chi connectivity index (χ0) is 20.5. The number of nitrogens with zero attached hydrogens (tertiary/aromatic N) is 1. The summed E-state index contributed by atoms with van der Waals surface area (Å²) < 4.78 is 33.7. The molecule has 1 amide bonds. The molecule has 28 heavy (non-hydrogen) atoms. The fraction of sp³-hybridized carbons (Fsp3) is 0.667. The lowest BCUT2D eigenvalue weighted by molar-refractivity contribution is 0.0712. The van der Waals surface area contributed by atoms with E-state index in [1.54, 1.807) is 10.4 Å². The van der Waals surface area contributed by atoms with Crippen molar-refractivity contribution in [1.82, 2.24) is 9.62 Å². The van der Waals surface area contributed by atoms with Crippen molar-refractivity contribution in [3.05, 3.63) is 28.8 Å². The Balaban J connectivity index is 1.84. The van der Waals surface area contributed by atoms with Gasteiger partial charge < -0.3 is 10.1 Å². The molecule has 6 nitrogen and oxygen atoms in total. The summed E-state index contributed by atoms with van der Waals surface area (Å²) in [7, 11) is -3.61. The molecule has 0 bridgehead atoms. The van der Waals surface area contributed by atoms with Crippen LogP contribution in [-0.4, -0.2) is 50.5 Å². The van der Waals surface area contributed by atoms with E-state index < -0.39 is 10.0 Å². The summed E-state index contributed by atoms with van der Waals surface area (Å²) in [6, 6.07) is 3.19. The van der Waals surface area contributed by atoms with Crippen molar-refractivity contribution in [2.24, 2.45) is 5.92 Å². The van der Waals surface area contributed by atoms with Gasteiger partial charge in [-0.25, -0.2) is 8.42 Å². The molecule has 0 saturated carbocycles. The molecule has 1 aromatic carbocycles. The standard InChI is InChI=1S/C21H32N2O4S/c1-14-7-9-23(10-8-14)28(25,26)20-13-18(12-15(2)16(20)3)21(24)22-17(4)19-6-5-11-27-19/h12-14,17,19H,5-11H2,1-4H3,(H,22,24). The van der Waals surface area contributed by atoms with Gasteiger partial charge in [-0.1, -0.05) is 6.92 Å². The van der Waals surface area contributed by atoms with Gasteiger partial charge in [0.2, 0.25) is 10.0 Å². The van der Waals surface area contributed by atoms with Gasteiger partial charge in [0.25, 0.3) is 5.91 Å². The molecule has 156 valence electrons. The smallest absolute Gasteiger partial charge is 0.251 e. The number of piperidine rings is 1. The maximum atomic E-state index is 13.2. The quantitative estimate of drug-likeness (QED) is 0.813. The average molecular weight is 409 g/mol. The largest absolute Gasteiger partial charge is 0.376 e. The second-order valence-electron chi connectivity index (χ2n) is 8.32. The summed E-state index contributed by atoms with van der Waals surface area (Å²) >= 11 is 0. The molecule has 2 aliphatic rings. The Kier molecular flexibility index (Phi) is 6.47. The monoisotopic (exact) mass is 408 g/mol. The van der Waals surface area contributed by atoms with Gasteiger partial charge in [-0.05, 0) is 75.6 Å². The molecular formula is C21H32N2O4S. The number of nitrogens with one attached hydrogen (secondary N) is 1. The van der Waals surface area contributed by atoms with Gasteiger partial charge in [0.15, 0.2) is 0 Å². The second-order valence-corrected chi connectivity index (χ2v) is 10.2. The van der Waals surface area contributed by atoms with Crippen LogP contribution in [0.4, 0.5) is 0 Å². The van der Waals surface area contributed by atoms with E-state index in [4.69, 9.17) is 4.74 Å². The van der Waals surface area contributed by atoms with E-state index in [1.165, 1.54) is 6.07 Å². The maximum Gasteiger partial charge on any atom is 0.251 e. The minimum Gasteiger partial charge on any atom is -0.376 e. The van der Waals surface area contributed by atoms with E-state index in [-0.39, 0.29) is 22.9 Å². The van der Waals surface area contributed by atoms with Gasteiger partial charge in [-0.15, -0.1) is 0 Å². The highest BCUT2D eigenvalue weighted by molar-refractivity contribution is 7.89. The van der Waals surface area contributed by atoms with Crippen molar-refractivity contribution in [3.63, 3.8) is 0 Å². The fourth-order valence-electron chi connectivity index (χ4n) is 3.97. The first kappa shape index (κ1) is 21.3. The maximum absolute atomic E-state index is 13.2. The number of aryl methyl sites for hydroxylation is 1. The molecule has 0 aromatic heterocycles. The lowest BCUT2D eigenvalue weighted by atomic mass is 10.0. The zero-order valence-corrected chi connectivity index (χ0v) is 18.1. The van der Waals surface area contributed by atoms with Crippen LogP contribution in [0.5, 0.6) is 0 Å². The predicted octanol–water partition coefficient (Wildman–Crippen LogP) is 3.02. The predicted molar refractivity (Wildman–Crippen MR) is 109 cm³/mol. The molecule has 0 spiro atoms. The molecule has 3 rings (SSSR count). The van der Waals surface area contributed by atoms with Gasteiger partial charge in [0.05, 0.1) is 17.0 Å². The molecule has 2 atom stereocenters. The number of rotatable bonds is 5. The number of amides is 1. The Morgan fingerprint density at radius 3 is 2.50 bits per heavy atom. The first-order valence-electron chi connectivity index (χ1n) is 10.2. The number of hydrogen-bond donors (Lipinski definition) is 1. The van der Waals surface area contributed by atoms with Crippen molar-refractivity contribution in [3.8, 4) is 0 Å². The van der Waals surface area contributed by atoms with Crippen molar-refractivity contribution >= 4 is 15.9 Å². The summed E-state index contributed by atoms with van der Waals surface area (Å²) in [5, 5.41) is 2.98. The molecule has 2 unspecified atom stereocenters. The molecule has 2 saturated heterocycles. The Bertz CT molecular complexity index is 823. The highest BCUT2D eigenvalue weighted by Gasteiger charge is 2.31. The Morgan fingerprint density at radius 2 is 1.89 bits per heavy atom. The average Bonchev–Trinajstić information content (AvgIpc) is 3.18. The van der Waals surface area contributed by atoms with Crippen LogP contribution < -0.4 is 5.32 Å². The zero-order valence-electron chi connectivity index (χ0n) is 17.3. The van der Waals surface area contributed by atoms with Crippen molar-refractivity contribution in [2.45, 2.75) is 70.4 Å². The summed E-state index contributed by atoms with van der Waals surface area (Å²) in [5.74, 6) is 0.292. The van der Waals surface area contributed by atoms with Gasteiger partial charge in [-0.2, -0.15) is 4.31 Å². The topological polar surface area (TPSA) is 75.7 Å². The van der Waals surface area contributed by atoms with Gasteiger partial charge >= 0.3 is 0 Å². The van der Waals surface area contributed by atoms with E-state index >= 15 is 0 Å². The summed E-state index contributed by atoms with van der Waals surface area (Å²) in [6.07, 6.45) is 3.70. The third-order valence-electron chi connectivity index (χ3n) is 6.12. The number of sulfonamides is 1. The van der Waals surface area contributed by atoms with Crippen LogP contribution in [-0.2, 0) is 14.8 Å². The van der Waals surface area contributed by atoms with Crippen LogP contribution in [0.2, 0.25) is 0 Å². The molecule has 7 heteroatoms. The molecule has 2 heterocycles. The number of carbonyl (C=O) groups excluding carboxylic acids is 1. The van der Waals surface area contributed by atoms with E-state index in [0.29, 0.717) is 30.1 Å². The van der Waals surface area contributed by atoms with E-state index in [0.717, 1.165) is 37.9 Å². The molecule has 1 N–H and O–H groups in total. The lowest BCUT2D eigenvalue weighted by Crippen LogP contribution is -2.41. The number of carbonyl (C=O) groups is 1. The van der Waals surface area contributed by atoms with Gasteiger partial charge in [0, 0.05) is 25.3 Å². The Morgan fingerprint density at radius 1 is 1.21 bits per heavy atom. The van der Waals surface area contributed by atoms with E-state index in [1.807, 2.05) is 20.8 Å². The summed E-state index contributed by atoms with van der Waals surface area (Å²) in [4.78, 5) is 13.0. The molecule has 2 aliphatic heterocycles. The number of hydrogen-bond acceptors (Lipinski definition) is 4. The first-order valence-corrected chi connectivity index (χ1v) is 11.7. The summed E-state index contributed by atoms with van der Waals surface area (Å²) in [6.45, 7) is 9.55. The van der Waals surface area contributed by atoms with Crippen molar-refractivity contribution in [2.75, 3.05) is 19.7 Å². The van der Waals surface area contributed by atoms with Crippen molar-refractivity contribution in [1.29, 1.82) is 0 Å². The van der Waals surface area contributed by atoms with Crippen molar-refractivity contribution < 1.29 is 17.9 Å². The first-order chi connectivity index (χ1) is 13.2. The molecule has 2 fully saturated rings. The number of ether oxygens (including phenoxy) is 1. The van der Waals surface area contributed by atoms with E-state index in [9.17, 15) is 13.2 Å². The van der Waals surface area contributed by atoms with E-state index in [2.05, 4.69) is 12.2 Å². The highest BCUT2D eigenvalue weighted by Crippen LogP contribution is 2.28. The molecular weight excluding hydrogens is 376 g/mol. The minimum absolute atomic E-state index is 0.0223. The minimum atomic E-state index is -3.61. The second kappa shape index (κ2) is 8.51. The normalized spacial score (nSPS) is 22.9. The van der Waals surface area contributed by atoms with Crippen LogP contribution in [0.3, 0.4) is 0 Å².